The first-order valence-electron chi connectivity index (χ1n) is 7.76. The summed E-state index contributed by atoms with van der Waals surface area (Å²) >= 11 is 11.8. The van der Waals surface area contributed by atoms with E-state index in [0.717, 1.165) is 31.4 Å². The van der Waals surface area contributed by atoms with Crippen molar-refractivity contribution in [2.75, 3.05) is 36.4 Å². The van der Waals surface area contributed by atoms with E-state index in [-0.39, 0.29) is 12.6 Å². The van der Waals surface area contributed by atoms with Crippen LogP contribution in [0.25, 0.3) is 0 Å². The lowest BCUT2D eigenvalue weighted by Gasteiger charge is -2.25. The monoisotopic (exact) mass is 357 g/mol. The summed E-state index contributed by atoms with van der Waals surface area (Å²) in [7, 11) is 1.38. The van der Waals surface area contributed by atoms with E-state index in [1.54, 1.807) is 0 Å². The summed E-state index contributed by atoms with van der Waals surface area (Å²) in [5, 5.41) is 12.2. The molecular weight excluding hydrogens is 334 g/mol. The van der Waals surface area contributed by atoms with Crippen molar-refractivity contribution in [1.29, 1.82) is 0 Å². The Labute approximate surface area is 149 Å². The number of hydrogen-bond donors (Lipinski definition) is 2. The van der Waals surface area contributed by atoms with Gasteiger partial charge in [0.25, 0.3) is 7.41 Å². The van der Waals surface area contributed by atoms with Gasteiger partial charge in [-0.05, 0) is 43.0 Å². The zero-order chi connectivity index (χ0) is 17.1. The maximum Gasteiger partial charge on any atom is 0.290 e. The van der Waals surface area contributed by atoms with Crippen molar-refractivity contribution in [3.8, 4) is 0 Å². The number of alkyl halides is 2. The van der Waals surface area contributed by atoms with Crippen LogP contribution in [0.5, 0.6) is 0 Å². The second-order valence-corrected chi connectivity index (χ2v) is 6.11. The molecule has 23 heavy (non-hydrogen) atoms. The molecule has 1 radical (unpaired) electrons. The van der Waals surface area contributed by atoms with Gasteiger partial charge in [0.1, 0.15) is 0 Å². The molecule has 127 valence electrons. The second kappa shape index (κ2) is 11.7. The van der Waals surface area contributed by atoms with Gasteiger partial charge in [-0.3, -0.25) is 0 Å². The molecule has 0 bridgehead atoms. The summed E-state index contributed by atoms with van der Waals surface area (Å²) in [6, 6.07) is 6.32. The van der Waals surface area contributed by atoms with Gasteiger partial charge in [-0.1, -0.05) is 6.07 Å². The third-order valence-corrected chi connectivity index (χ3v) is 4.09. The van der Waals surface area contributed by atoms with Crippen LogP contribution in [0.4, 0.5) is 5.69 Å². The van der Waals surface area contributed by atoms with Crippen LogP contribution in [0.15, 0.2) is 18.2 Å². The predicted octanol–water partition coefficient (Wildman–Crippen LogP) is 1.97. The molecule has 0 saturated heterocycles. The Morgan fingerprint density at radius 3 is 2.61 bits per heavy atom. The highest BCUT2D eigenvalue weighted by Gasteiger charge is 2.13. The first-order valence-corrected chi connectivity index (χ1v) is 8.83. The molecule has 0 aromatic heterocycles. The number of carbonyl (C=O) groups excluding carboxylic acids is 1. The second-order valence-electron chi connectivity index (χ2n) is 5.36. The number of halogens is 2. The molecule has 0 fully saturated rings. The SMILES string of the molecule is Cc1ccc(N(CCCl)CCCl)cc1C[C@@H](CCO)N[B]C=O. The minimum Gasteiger partial charge on any atom is -0.396 e. The Morgan fingerprint density at radius 1 is 1.35 bits per heavy atom. The van der Waals surface area contributed by atoms with Crippen molar-refractivity contribution in [1.82, 2.24) is 5.23 Å². The van der Waals surface area contributed by atoms with E-state index in [4.69, 9.17) is 23.2 Å². The Balaban J connectivity index is 2.91. The summed E-state index contributed by atoms with van der Waals surface area (Å²) in [5.41, 5.74) is 3.46. The molecule has 0 aliphatic carbocycles. The van der Waals surface area contributed by atoms with E-state index >= 15 is 0 Å². The number of rotatable bonds is 12. The van der Waals surface area contributed by atoms with Gasteiger partial charge in [0, 0.05) is 43.2 Å². The summed E-state index contributed by atoms with van der Waals surface area (Å²) < 4.78 is 0. The van der Waals surface area contributed by atoms with Crippen molar-refractivity contribution in [2.45, 2.75) is 25.8 Å². The van der Waals surface area contributed by atoms with Crippen molar-refractivity contribution >= 4 is 42.5 Å². The Kier molecular flexibility index (Phi) is 10.4. The van der Waals surface area contributed by atoms with Crippen LogP contribution in [0.2, 0.25) is 0 Å². The van der Waals surface area contributed by atoms with Gasteiger partial charge in [0.15, 0.2) is 0 Å². The number of nitrogens with one attached hydrogen (secondary N) is 1. The van der Waals surface area contributed by atoms with Gasteiger partial charge in [0.2, 0.25) is 0 Å². The lowest BCUT2D eigenvalue weighted by molar-refractivity contribution is 0.271. The number of aliphatic hydroxyl groups excluding tert-OH is 1. The summed E-state index contributed by atoms with van der Waals surface area (Å²) in [4.78, 5) is 12.7. The highest BCUT2D eigenvalue weighted by Crippen LogP contribution is 2.21. The fourth-order valence-electron chi connectivity index (χ4n) is 2.49. The molecule has 1 rings (SSSR count). The zero-order valence-electron chi connectivity index (χ0n) is 13.5. The average Bonchev–Trinajstić information content (AvgIpc) is 2.54. The molecule has 1 aromatic rings. The highest BCUT2D eigenvalue weighted by molar-refractivity contribution is 6.64. The molecule has 1 atom stereocenters. The van der Waals surface area contributed by atoms with Gasteiger partial charge < -0.3 is 20.0 Å². The molecule has 0 aliphatic heterocycles. The Bertz CT molecular complexity index is 471. The van der Waals surface area contributed by atoms with Crippen LogP contribution in [0.3, 0.4) is 0 Å². The number of anilines is 1. The number of nitrogens with zero attached hydrogens (tertiary/aromatic N) is 1. The number of aliphatic hydroxyl groups is 1. The Hall–Kier alpha value is -0.745. The minimum atomic E-state index is 0.0219. The topological polar surface area (TPSA) is 52.6 Å². The lowest BCUT2D eigenvalue weighted by atomic mass is 9.91. The third-order valence-electron chi connectivity index (χ3n) is 3.75. The van der Waals surface area contributed by atoms with Gasteiger partial charge >= 0.3 is 0 Å². The molecule has 0 spiro atoms. The predicted molar refractivity (Wildman–Crippen MR) is 99.7 cm³/mol. The quantitative estimate of drug-likeness (QED) is 0.341. The average molecular weight is 358 g/mol. The number of aryl methyl sites for hydroxylation is 1. The summed E-state index contributed by atoms with van der Waals surface area (Å²) in [5.74, 6) is 1.09. The minimum absolute atomic E-state index is 0.0219. The van der Waals surface area contributed by atoms with Crippen molar-refractivity contribution in [3.63, 3.8) is 0 Å². The van der Waals surface area contributed by atoms with Crippen LogP contribution in [-0.2, 0) is 11.2 Å². The largest absolute Gasteiger partial charge is 0.396 e. The Morgan fingerprint density at radius 2 is 2.04 bits per heavy atom. The molecule has 0 aliphatic rings. The van der Waals surface area contributed by atoms with Crippen molar-refractivity contribution in [3.05, 3.63) is 29.3 Å². The molecule has 7 heteroatoms. The number of benzene rings is 1. The van der Waals surface area contributed by atoms with E-state index in [2.05, 4.69) is 35.3 Å². The van der Waals surface area contributed by atoms with Crippen LogP contribution in [-0.4, -0.2) is 56.2 Å². The van der Waals surface area contributed by atoms with E-state index < -0.39 is 0 Å². The van der Waals surface area contributed by atoms with Crippen molar-refractivity contribution in [2.24, 2.45) is 0 Å². The number of carbonyl (C=O) groups is 1. The summed E-state index contributed by atoms with van der Waals surface area (Å²) in [6.07, 6.45) is 2.04. The van der Waals surface area contributed by atoms with Gasteiger partial charge in [-0.15, -0.1) is 23.2 Å². The van der Waals surface area contributed by atoms with Crippen LogP contribution >= 0.6 is 23.2 Å². The number of hydrogen-bond acceptors (Lipinski definition) is 4. The maximum absolute atomic E-state index is 10.5. The molecule has 0 amide bonds. The van der Waals surface area contributed by atoms with Gasteiger partial charge in [-0.25, -0.2) is 0 Å². The maximum atomic E-state index is 10.5. The molecule has 4 nitrogen and oxygen atoms in total. The highest BCUT2D eigenvalue weighted by atomic mass is 35.5. The van der Waals surface area contributed by atoms with Crippen LogP contribution < -0.4 is 10.1 Å². The van der Waals surface area contributed by atoms with E-state index in [0.29, 0.717) is 18.2 Å². The van der Waals surface area contributed by atoms with E-state index in [1.807, 2.05) is 0 Å². The van der Waals surface area contributed by atoms with Crippen molar-refractivity contribution < 1.29 is 9.90 Å². The fraction of sp³-hybridized carbons (Fsp3) is 0.562. The van der Waals surface area contributed by atoms with E-state index in [9.17, 15) is 9.90 Å². The van der Waals surface area contributed by atoms with E-state index in [1.165, 1.54) is 18.5 Å². The molecule has 1 aromatic carbocycles. The molecule has 0 saturated carbocycles. The molecular formula is C16H24BCl2N2O2. The first-order chi connectivity index (χ1) is 11.2. The fourth-order valence-corrected chi connectivity index (χ4v) is 2.90. The third kappa shape index (κ3) is 7.13. The van der Waals surface area contributed by atoms with Gasteiger partial charge in [0.05, 0.1) is 6.19 Å². The first kappa shape index (κ1) is 20.3. The standard InChI is InChI=1S/C16H24BCl2N2O2/c1-13-2-3-16(21(7-5-18)8-6-19)11-14(13)10-15(4-9-22)20-17-12-23/h2-3,11-12,15,20,22H,4-10H2,1H3/t15-/m1/s1. The zero-order valence-corrected chi connectivity index (χ0v) is 15.0. The molecule has 2 N–H and O–H groups in total. The lowest BCUT2D eigenvalue weighted by Crippen LogP contribution is -2.36. The molecule has 0 unspecified atom stereocenters. The normalized spacial score (nSPS) is 12.0. The summed E-state index contributed by atoms with van der Waals surface area (Å²) in [6.45, 7) is 3.63. The van der Waals surface area contributed by atoms with Crippen LogP contribution in [0, 0.1) is 6.92 Å². The van der Waals surface area contributed by atoms with Crippen LogP contribution in [0.1, 0.15) is 17.5 Å². The van der Waals surface area contributed by atoms with Gasteiger partial charge in [-0.2, -0.15) is 0 Å². The molecule has 0 heterocycles. The smallest absolute Gasteiger partial charge is 0.290 e.